The molecule has 5 rings (SSSR count). The molecule has 0 atom stereocenters. The third-order valence-electron chi connectivity index (χ3n) is 5.49. The Morgan fingerprint density at radius 1 is 0.970 bits per heavy atom. The summed E-state index contributed by atoms with van der Waals surface area (Å²) in [4.78, 5) is 21.3. The molecular weight excluding hydrogens is 415 g/mol. The van der Waals surface area contributed by atoms with E-state index in [9.17, 15) is 9.18 Å². The zero-order chi connectivity index (χ0) is 22.8. The van der Waals surface area contributed by atoms with Crippen LogP contribution in [-0.4, -0.2) is 19.1 Å². The summed E-state index contributed by atoms with van der Waals surface area (Å²) in [6.45, 7) is 2.53. The molecule has 0 aliphatic carbocycles. The van der Waals surface area contributed by atoms with Crippen LogP contribution in [0.4, 0.5) is 4.39 Å². The molecule has 0 saturated carbocycles. The highest BCUT2D eigenvalue weighted by molar-refractivity contribution is 5.81. The van der Waals surface area contributed by atoms with Crippen molar-refractivity contribution in [2.24, 2.45) is 0 Å². The Kier molecular flexibility index (Phi) is 5.40. The SMILES string of the molecule is Cc1ccc2ccc(=O)n(-c3ccc(/C=C/c4cncn4Cc4cccc(F)c4)cn3)c2c1. The molecule has 0 bridgehead atoms. The van der Waals surface area contributed by atoms with Crippen LogP contribution in [0.5, 0.6) is 0 Å². The average Bonchev–Trinajstić information content (AvgIpc) is 3.25. The maximum Gasteiger partial charge on any atom is 0.256 e. The molecule has 0 radical (unpaired) electrons. The fraction of sp³-hybridized carbons (Fsp3) is 0.0741. The van der Waals surface area contributed by atoms with Gasteiger partial charge in [0, 0.05) is 18.8 Å². The van der Waals surface area contributed by atoms with Crippen molar-refractivity contribution in [3.63, 3.8) is 0 Å². The van der Waals surface area contributed by atoms with Crippen LogP contribution in [0.1, 0.15) is 22.4 Å². The summed E-state index contributed by atoms with van der Waals surface area (Å²) in [7, 11) is 0. The summed E-state index contributed by atoms with van der Waals surface area (Å²) in [6, 6.07) is 19.7. The summed E-state index contributed by atoms with van der Waals surface area (Å²) in [5, 5.41) is 0.984. The number of aromatic nitrogens is 4. The average molecular weight is 436 g/mol. The third kappa shape index (κ3) is 4.36. The molecule has 0 aliphatic rings. The molecular formula is C27H21FN4O. The lowest BCUT2D eigenvalue weighted by molar-refractivity contribution is 0.623. The molecule has 6 heteroatoms. The second kappa shape index (κ2) is 8.67. The molecule has 0 N–H and O–H groups in total. The normalized spacial score (nSPS) is 11.5. The lowest BCUT2D eigenvalue weighted by atomic mass is 10.1. The predicted octanol–water partition coefficient (Wildman–Crippen LogP) is 5.25. The van der Waals surface area contributed by atoms with Gasteiger partial charge in [0.2, 0.25) is 0 Å². The van der Waals surface area contributed by atoms with Crippen LogP contribution in [0.15, 0.2) is 90.2 Å². The van der Waals surface area contributed by atoms with Crippen molar-refractivity contribution in [3.05, 3.63) is 124 Å². The first-order valence-electron chi connectivity index (χ1n) is 10.6. The molecule has 0 unspecified atom stereocenters. The molecule has 33 heavy (non-hydrogen) atoms. The monoisotopic (exact) mass is 436 g/mol. The zero-order valence-electron chi connectivity index (χ0n) is 18.0. The van der Waals surface area contributed by atoms with Gasteiger partial charge in [-0.25, -0.2) is 14.4 Å². The van der Waals surface area contributed by atoms with Crippen LogP contribution < -0.4 is 5.56 Å². The summed E-state index contributed by atoms with van der Waals surface area (Å²) in [6.07, 6.45) is 9.10. The number of halogens is 1. The van der Waals surface area contributed by atoms with Gasteiger partial charge in [0.1, 0.15) is 11.6 Å². The van der Waals surface area contributed by atoms with Crippen molar-refractivity contribution in [1.82, 2.24) is 19.1 Å². The number of benzene rings is 2. The second-order valence-electron chi connectivity index (χ2n) is 7.93. The number of nitrogens with zero attached hydrogens (tertiary/aromatic N) is 4. The van der Waals surface area contributed by atoms with E-state index in [0.717, 1.165) is 33.3 Å². The van der Waals surface area contributed by atoms with Gasteiger partial charge in [0.15, 0.2) is 0 Å². The van der Waals surface area contributed by atoms with E-state index in [1.165, 1.54) is 12.1 Å². The van der Waals surface area contributed by atoms with Gasteiger partial charge < -0.3 is 4.57 Å². The molecule has 0 fully saturated rings. The molecule has 3 aromatic heterocycles. The zero-order valence-corrected chi connectivity index (χ0v) is 18.0. The van der Waals surface area contributed by atoms with Crippen LogP contribution in [0.25, 0.3) is 28.9 Å². The largest absolute Gasteiger partial charge is 0.327 e. The second-order valence-corrected chi connectivity index (χ2v) is 7.93. The first-order chi connectivity index (χ1) is 16.1. The van der Waals surface area contributed by atoms with Crippen LogP contribution >= 0.6 is 0 Å². The molecule has 5 nitrogen and oxygen atoms in total. The van der Waals surface area contributed by atoms with Crippen molar-refractivity contribution in [2.75, 3.05) is 0 Å². The van der Waals surface area contributed by atoms with Crippen molar-refractivity contribution in [1.29, 1.82) is 0 Å². The number of aryl methyl sites for hydroxylation is 1. The maximum absolute atomic E-state index is 13.5. The Balaban J connectivity index is 1.41. The van der Waals surface area contributed by atoms with Gasteiger partial charge in [-0.3, -0.25) is 9.36 Å². The molecule has 0 saturated heterocycles. The Morgan fingerprint density at radius 3 is 2.67 bits per heavy atom. The smallest absolute Gasteiger partial charge is 0.256 e. The van der Waals surface area contributed by atoms with E-state index in [-0.39, 0.29) is 11.4 Å². The van der Waals surface area contributed by atoms with E-state index < -0.39 is 0 Å². The minimum absolute atomic E-state index is 0.120. The van der Waals surface area contributed by atoms with Gasteiger partial charge in [0.25, 0.3) is 5.56 Å². The summed E-state index contributed by atoms with van der Waals surface area (Å²) in [5.74, 6) is 0.320. The highest BCUT2D eigenvalue weighted by Crippen LogP contribution is 2.18. The molecule has 0 aliphatic heterocycles. The van der Waals surface area contributed by atoms with Gasteiger partial charge in [0.05, 0.1) is 23.7 Å². The van der Waals surface area contributed by atoms with E-state index in [1.54, 1.807) is 35.4 Å². The molecule has 3 heterocycles. The lowest BCUT2D eigenvalue weighted by Crippen LogP contribution is -2.18. The van der Waals surface area contributed by atoms with Crippen molar-refractivity contribution in [3.8, 4) is 5.82 Å². The van der Waals surface area contributed by atoms with Crippen molar-refractivity contribution >= 4 is 23.1 Å². The van der Waals surface area contributed by atoms with Crippen molar-refractivity contribution < 1.29 is 4.39 Å². The van der Waals surface area contributed by atoms with E-state index in [2.05, 4.69) is 9.97 Å². The quantitative estimate of drug-likeness (QED) is 0.378. The maximum atomic E-state index is 13.5. The first kappa shape index (κ1) is 20.6. The summed E-state index contributed by atoms with van der Waals surface area (Å²) < 4.78 is 17.1. The van der Waals surface area contributed by atoms with Gasteiger partial charge in [-0.15, -0.1) is 0 Å². The van der Waals surface area contributed by atoms with Crippen LogP contribution in [-0.2, 0) is 6.54 Å². The van der Waals surface area contributed by atoms with E-state index in [4.69, 9.17) is 0 Å². The summed E-state index contributed by atoms with van der Waals surface area (Å²) >= 11 is 0. The minimum atomic E-state index is -0.253. The molecule has 0 spiro atoms. The number of imidazole rings is 1. The molecule has 162 valence electrons. The van der Waals surface area contributed by atoms with E-state index >= 15 is 0 Å². The lowest BCUT2D eigenvalue weighted by Gasteiger charge is -2.10. The first-order valence-corrected chi connectivity index (χ1v) is 10.6. The predicted molar refractivity (Wildman–Crippen MR) is 129 cm³/mol. The van der Waals surface area contributed by atoms with Gasteiger partial charge in [-0.05, 0) is 71.5 Å². The number of hydrogen-bond donors (Lipinski definition) is 0. The van der Waals surface area contributed by atoms with Crippen LogP contribution in [0, 0.1) is 12.7 Å². The topological polar surface area (TPSA) is 52.7 Å². The van der Waals surface area contributed by atoms with Gasteiger partial charge >= 0.3 is 0 Å². The number of fused-ring (bicyclic) bond motifs is 1. The number of rotatable bonds is 5. The Hall–Kier alpha value is -4.32. The Bertz CT molecular complexity index is 1530. The molecule has 0 amide bonds. The highest BCUT2D eigenvalue weighted by atomic mass is 19.1. The highest BCUT2D eigenvalue weighted by Gasteiger charge is 2.07. The Morgan fingerprint density at radius 2 is 1.85 bits per heavy atom. The van der Waals surface area contributed by atoms with Gasteiger partial charge in [-0.2, -0.15) is 0 Å². The summed E-state index contributed by atoms with van der Waals surface area (Å²) in [5.41, 5.74) is 4.44. The number of pyridine rings is 2. The fourth-order valence-corrected chi connectivity index (χ4v) is 3.82. The van der Waals surface area contributed by atoms with E-state index in [1.807, 2.05) is 66.1 Å². The van der Waals surface area contributed by atoms with Crippen molar-refractivity contribution in [2.45, 2.75) is 13.5 Å². The van der Waals surface area contributed by atoms with Crippen LogP contribution in [0.3, 0.4) is 0 Å². The van der Waals surface area contributed by atoms with Crippen LogP contribution in [0.2, 0.25) is 0 Å². The fourth-order valence-electron chi connectivity index (χ4n) is 3.82. The minimum Gasteiger partial charge on any atom is -0.327 e. The van der Waals surface area contributed by atoms with E-state index in [0.29, 0.717) is 12.4 Å². The standard InChI is InChI=1S/C27H21FN4O/c1-19-5-8-22-9-12-27(33)32(25(22)13-19)26-11-7-20(15-30-26)6-10-24-16-29-18-31(24)17-21-3-2-4-23(28)14-21/h2-16,18H,17H2,1H3/b10-6+. The number of hydrogen-bond acceptors (Lipinski definition) is 3. The van der Waals surface area contributed by atoms with Gasteiger partial charge in [-0.1, -0.05) is 30.3 Å². The molecule has 2 aromatic carbocycles. The third-order valence-corrected chi connectivity index (χ3v) is 5.49. The molecule has 5 aromatic rings. The Labute approximate surface area is 190 Å².